The Morgan fingerprint density at radius 2 is 1.62 bits per heavy atom. The van der Waals surface area contributed by atoms with Crippen LogP contribution in [0.5, 0.6) is 0 Å². The molecular weight excluding hydrogens is 308 g/mol. The van der Waals surface area contributed by atoms with Gasteiger partial charge >= 0.3 is 5.97 Å². The summed E-state index contributed by atoms with van der Waals surface area (Å²) in [5.41, 5.74) is 0.696. The maximum absolute atomic E-state index is 12.5. The lowest BCUT2D eigenvalue weighted by molar-refractivity contribution is -0.0583. The van der Waals surface area contributed by atoms with Gasteiger partial charge in [-0.05, 0) is 29.7 Å². The van der Waals surface area contributed by atoms with Crippen molar-refractivity contribution in [2.24, 2.45) is 0 Å². The number of pyridine rings is 1. The number of carbonyl (C=O) groups excluding carboxylic acids is 3. The van der Waals surface area contributed by atoms with Crippen LogP contribution in [-0.2, 0) is 4.84 Å². The summed E-state index contributed by atoms with van der Waals surface area (Å²) in [4.78, 5) is 46.1. The molecule has 2 heterocycles. The summed E-state index contributed by atoms with van der Waals surface area (Å²) in [6, 6.07) is 13.1. The number of hydrogen-bond donors (Lipinski definition) is 0. The number of nitrogens with zero attached hydrogens (tertiary/aromatic N) is 2. The molecule has 0 saturated carbocycles. The van der Waals surface area contributed by atoms with E-state index in [9.17, 15) is 14.4 Å². The van der Waals surface area contributed by atoms with Crippen molar-refractivity contribution in [1.29, 1.82) is 0 Å². The molecule has 6 heteroatoms. The van der Waals surface area contributed by atoms with Crippen LogP contribution >= 0.6 is 0 Å². The Bertz CT molecular complexity index is 972. The molecule has 1 aliphatic heterocycles. The number of hydrogen-bond acceptors (Lipinski definition) is 5. The summed E-state index contributed by atoms with van der Waals surface area (Å²) >= 11 is 0. The third-order valence-electron chi connectivity index (χ3n) is 3.83. The van der Waals surface area contributed by atoms with Gasteiger partial charge in [-0.1, -0.05) is 29.3 Å². The van der Waals surface area contributed by atoms with Crippen molar-refractivity contribution in [2.75, 3.05) is 0 Å². The quantitative estimate of drug-likeness (QED) is 0.679. The van der Waals surface area contributed by atoms with Crippen LogP contribution in [0.2, 0.25) is 0 Å². The topological polar surface area (TPSA) is 76.6 Å². The molecule has 3 aromatic rings. The van der Waals surface area contributed by atoms with Gasteiger partial charge in [0.15, 0.2) is 0 Å². The number of hydroxylamine groups is 2. The van der Waals surface area contributed by atoms with Crippen LogP contribution < -0.4 is 0 Å². The largest absolute Gasteiger partial charge is 0.364 e. The SMILES string of the molecule is O=C(ON1C(=O)c2ccccc2C1=O)c1cccc2cnccc12. The predicted molar refractivity (Wildman–Crippen MR) is 84.1 cm³/mol. The number of fused-ring (bicyclic) bond motifs is 2. The van der Waals surface area contributed by atoms with Gasteiger partial charge in [-0.2, -0.15) is 0 Å². The molecule has 0 bridgehead atoms. The minimum Gasteiger partial charge on any atom is -0.324 e. The van der Waals surface area contributed by atoms with Gasteiger partial charge in [-0.15, -0.1) is 0 Å². The summed E-state index contributed by atoms with van der Waals surface area (Å²) < 4.78 is 0. The lowest BCUT2D eigenvalue weighted by Gasteiger charge is -2.13. The molecule has 0 fully saturated rings. The smallest absolute Gasteiger partial charge is 0.324 e. The maximum atomic E-state index is 12.5. The predicted octanol–water partition coefficient (Wildman–Crippen LogP) is 2.60. The minimum absolute atomic E-state index is 0.220. The third-order valence-corrected chi connectivity index (χ3v) is 3.83. The van der Waals surface area contributed by atoms with Gasteiger partial charge in [0.2, 0.25) is 0 Å². The number of rotatable bonds is 2. The summed E-state index contributed by atoms with van der Waals surface area (Å²) in [6.07, 6.45) is 3.18. The first-order valence-corrected chi connectivity index (χ1v) is 7.19. The molecule has 4 rings (SSSR count). The fourth-order valence-corrected chi connectivity index (χ4v) is 2.68. The molecule has 1 aliphatic rings. The Balaban J connectivity index is 1.68. The first-order valence-electron chi connectivity index (χ1n) is 7.19. The molecule has 0 spiro atoms. The first kappa shape index (κ1) is 14.1. The van der Waals surface area contributed by atoms with E-state index < -0.39 is 17.8 Å². The highest BCUT2D eigenvalue weighted by molar-refractivity contribution is 6.21. The molecule has 6 nitrogen and oxygen atoms in total. The van der Waals surface area contributed by atoms with E-state index >= 15 is 0 Å². The van der Waals surface area contributed by atoms with Gasteiger partial charge in [-0.3, -0.25) is 14.6 Å². The van der Waals surface area contributed by atoms with Crippen LogP contribution in [0, 0.1) is 0 Å². The molecule has 1 aromatic heterocycles. The lowest BCUT2D eigenvalue weighted by atomic mass is 10.1. The molecule has 0 N–H and O–H groups in total. The zero-order valence-corrected chi connectivity index (χ0v) is 12.3. The van der Waals surface area contributed by atoms with E-state index in [0.29, 0.717) is 10.4 Å². The molecule has 116 valence electrons. The third kappa shape index (κ3) is 2.04. The second kappa shape index (κ2) is 5.27. The van der Waals surface area contributed by atoms with E-state index in [1.807, 2.05) is 0 Å². The van der Waals surface area contributed by atoms with Crippen molar-refractivity contribution in [3.63, 3.8) is 0 Å². The van der Waals surface area contributed by atoms with Crippen LogP contribution in [0.1, 0.15) is 31.1 Å². The molecule has 0 saturated heterocycles. The van der Waals surface area contributed by atoms with Crippen LogP contribution in [-0.4, -0.2) is 27.8 Å². The van der Waals surface area contributed by atoms with Crippen LogP contribution in [0.3, 0.4) is 0 Å². The van der Waals surface area contributed by atoms with Crippen LogP contribution in [0.4, 0.5) is 0 Å². The Morgan fingerprint density at radius 3 is 2.33 bits per heavy atom. The highest BCUT2D eigenvalue weighted by Gasteiger charge is 2.38. The zero-order chi connectivity index (χ0) is 16.7. The van der Waals surface area contributed by atoms with Crippen molar-refractivity contribution >= 4 is 28.6 Å². The van der Waals surface area contributed by atoms with Crippen molar-refractivity contribution in [1.82, 2.24) is 10.0 Å². The summed E-state index contributed by atoms with van der Waals surface area (Å²) in [5.74, 6) is -2.07. The highest BCUT2D eigenvalue weighted by atomic mass is 16.7. The average Bonchev–Trinajstić information content (AvgIpc) is 2.86. The molecule has 0 aliphatic carbocycles. The second-order valence-electron chi connectivity index (χ2n) is 5.23. The van der Waals surface area contributed by atoms with E-state index in [-0.39, 0.29) is 16.7 Å². The standard InChI is InChI=1S/C18H10N2O4/c21-16-13-5-1-2-6-14(13)17(22)20(16)24-18(23)15-7-3-4-11-10-19-9-8-12(11)15/h1-10H. The zero-order valence-electron chi connectivity index (χ0n) is 12.3. The Kier molecular flexibility index (Phi) is 3.09. The van der Waals surface area contributed by atoms with E-state index in [4.69, 9.17) is 4.84 Å². The normalized spacial score (nSPS) is 13.2. The number of benzene rings is 2. The molecule has 2 amide bonds. The number of aromatic nitrogens is 1. The summed E-state index contributed by atoms with van der Waals surface area (Å²) in [7, 11) is 0. The second-order valence-corrected chi connectivity index (χ2v) is 5.23. The van der Waals surface area contributed by atoms with Crippen molar-refractivity contribution in [3.05, 3.63) is 77.6 Å². The van der Waals surface area contributed by atoms with Crippen LogP contribution in [0.15, 0.2) is 60.9 Å². The summed E-state index contributed by atoms with van der Waals surface area (Å²) in [5, 5.41) is 1.90. The molecule has 0 atom stereocenters. The monoisotopic (exact) mass is 318 g/mol. The molecular formula is C18H10N2O4. The van der Waals surface area contributed by atoms with Crippen molar-refractivity contribution in [3.8, 4) is 0 Å². The van der Waals surface area contributed by atoms with E-state index in [2.05, 4.69) is 4.98 Å². The molecule has 0 unspecified atom stereocenters. The van der Waals surface area contributed by atoms with Gasteiger partial charge in [0.25, 0.3) is 11.8 Å². The molecule has 2 aromatic carbocycles. The van der Waals surface area contributed by atoms with Gasteiger partial charge in [0, 0.05) is 17.8 Å². The Labute approximate surface area is 136 Å². The Hall–Kier alpha value is -3.54. The average molecular weight is 318 g/mol. The fraction of sp³-hybridized carbons (Fsp3) is 0. The number of imide groups is 1. The van der Waals surface area contributed by atoms with Gasteiger partial charge in [0.05, 0.1) is 16.7 Å². The first-order chi connectivity index (χ1) is 11.7. The highest BCUT2D eigenvalue weighted by Crippen LogP contribution is 2.24. The maximum Gasteiger partial charge on any atom is 0.364 e. The molecule has 0 radical (unpaired) electrons. The van der Waals surface area contributed by atoms with Crippen molar-refractivity contribution < 1.29 is 19.2 Å². The minimum atomic E-state index is -0.777. The van der Waals surface area contributed by atoms with Gasteiger partial charge in [-0.25, -0.2) is 4.79 Å². The Morgan fingerprint density at radius 1 is 0.917 bits per heavy atom. The van der Waals surface area contributed by atoms with E-state index in [1.165, 1.54) is 12.1 Å². The van der Waals surface area contributed by atoms with Gasteiger partial charge < -0.3 is 4.84 Å². The van der Waals surface area contributed by atoms with Crippen molar-refractivity contribution in [2.45, 2.75) is 0 Å². The molecule has 24 heavy (non-hydrogen) atoms. The number of carbonyl (C=O) groups is 3. The van der Waals surface area contributed by atoms with E-state index in [0.717, 1.165) is 5.39 Å². The van der Waals surface area contributed by atoms with Crippen LogP contribution in [0.25, 0.3) is 10.8 Å². The fourth-order valence-electron chi connectivity index (χ4n) is 2.68. The lowest BCUT2D eigenvalue weighted by Crippen LogP contribution is -2.32. The van der Waals surface area contributed by atoms with Gasteiger partial charge in [0.1, 0.15) is 0 Å². The summed E-state index contributed by atoms with van der Waals surface area (Å²) in [6.45, 7) is 0. The van der Waals surface area contributed by atoms with E-state index in [1.54, 1.807) is 48.8 Å². The number of amides is 2.